The summed E-state index contributed by atoms with van der Waals surface area (Å²) in [6, 6.07) is 15.1. The number of imide groups is 2. The Morgan fingerprint density at radius 2 is 1.62 bits per heavy atom. The van der Waals surface area contributed by atoms with Crippen LogP contribution in [0.15, 0.2) is 54.6 Å². The second-order valence-corrected chi connectivity index (χ2v) is 17.4. The molecule has 15 heteroatoms. The monoisotopic (exact) mass is 859 g/mol. The summed E-state index contributed by atoms with van der Waals surface area (Å²) in [6.07, 6.45) is 7.74. The number of benzene rings is 3. The van der Waals surface area contributed by atoms with E-state index >= 15 is 0 Å². The molecular weight excluding hydrogens is 807 g/mol. The van der Waals surface area contributed by atoms with E-state index < -0.39 is 47.5 Å². The van der Waals surface area contributed by atoms with Gasteiger partial charge in [0.15, 0.2) is 6.61 Å². The summed E-state index contributed by atoms with van der Waals surface area (Å²) in [5.41, 5.74) is 6.19. The maximum atomic E-state index is 14.2. The lowest BCUT2D eigenvalue weighted by Crippen LogP contribution is -2.54. The Kier molecular flexibility index (Phi) is 12.7. The SMILES string of the molecule is Cc1cccc2c1CCN(C(=O)[C@@H]1CCCC[C@@H]1C(=O)O)[C@@H]2CN1Cc2cc(CCCCCCNC(=O)COc3cccc4c3C(=O)N(C3CCC(=O)NC3=O)C4=O)ccc2C1=O. The Balaban J connectivity index is 0.793. The number of carboxylic acids is 1. The number of hydrogen-bond donors (Lipinski definition) is 3. The van der Waals surface area contributed by atoms with Crippen molar-refractivity contribution in [1.29, 1.82) is 0 Å². The molecule has 3 aromatic carbocycles. The van der Waals surface area contributed by atoms with E-state index in [2.05, 4.69) is 29.7 Å². The number of nitrogens with zero attached hydrogens (tertiary/aromatic N) is 3. The van der Waals surface area contributed by atoms with Gasteiger partial charge in [-0.1, -0.05) is 62.1 Å². The van der Waals surface area contributed by atoms with Crippen LogP contribution in [0.25, 0.3) is 0 Å². The van der Waals surface area contributed by atoms with Crippen LogP contribution in [0.1, 0.15) is 129 Å². The van der Waals surface area contributed by atoms with Gasteiger partial charge in [0.25, 0.3) is 23.6 Å². The first kappa shape index (κ1) is 43.3. The number of aliphatic carboxylic acids is 1. The molecule has 0 radical (unpaired) electrons. The lowest BCUT2D eigenvalue weighted by atomic mass is 9.77. The third-order valence-corrected chi connectivity index (χ3v) is 13.4. The standard InChI is InChI=1S/C48H53N5O10/c1-28-10-8-14-33-31(28)21-23-52(45(58)34-12-5-6-13-35(34)48(61)62)38(33)26-51-25-30-24-29(17-18-32(30)44(51)57)11-4-2-3-7-22-49-41(55)27-63-39-16-9-15-36-42(39)47(60)53(46(36)59)37-19-20-40(54)50-43(37)56/h8-10,14-18,24,34-35,37-38H,2-7,11-13,19-23,25-27H2,1H3,(H,49,55)(H,61,62)(H,50,54,56)/t34-,35+,37?,38-/m1/s1. The Bertz CT molecular complexity index is 2380. The third-order valence-electron chi connectivity index (χ3n) is 13.4. The van der Waals surface area contributed by atoms with Gasteiger partial charge in [-0.2, -0.15) is 0 Å². The number of carboxylic acid groups (broad SMARTS) is 1. The first-order valence-electron chi connectivity index (χ1n) is 22.2. The van der Waals surface area contributed by atoms with Crippen molar-refractivity contribution < 1.29 is 48.2 Å². The van der Waals surface area contributed by atoms with E-state index in [9.17, 15) is 43.5 Å². The lowest BCUT2D eigenvalue weighted by Gasteiger charge is -2.42. The Labute approximate surface area is 365 Å². The van der Waals surface area contributed by atoms with E-state index in [4.69, 9.17) is 4.74 Å². The largest absolute Gasteiger partial charge is 0.483 e. The molecule has 3 aromatic rings. The molecule has 4 aliphatic heterocycles. The van der Waals surface area contributed by atoms with Crippen LogP contribution in [-0.2, 0) is 43.4 Å². The number of nitrogens with one attached hydrogen (secondary N) is 2. The molecular formula is C48H53N5O10. The molecule has 63 heavy (non-hydrogen) atoms. The molecule has 7 amide bonds. The number of aryl methyl sites for hydroxylation is 2. The minimum Gasteiger partial charge on any atom is -0.483 e. The second kappa shape index (κ2) is 18.5. The van der Waals surface area contributed by atoms with Crippen LogP contribution in [0.5, 0.6) is 5.75 Å². The van der Waals surface area contributed by atoms with Crippen molar-refractivity contribution in [2.24, 2.45) is 11.8 Å². The Hall–Kier alpha value is -6.38. The van der Waals surface area contributed by atoms with Gasteiger partial charge in [-0.25, -0.2) is 0 Å². The molecule has 4 heterocycles. The number of fused-ring (bicyclic) bond motifs is 3. The quantitative estimate of drug-likeness (QED) is 0.143. The second-order valence-electron chi connectivity index (χ2n) is 17.4. The highest BCUT2D eigenvalue weighted by Gasteiger charge is 2.46. The maximum absolute atomic E-state index is 14.2. The Morgan fingerprint density at radius 1 is 0.841 bits per heavy atom. The zero-order valence-corrected chi connectivity index (χ0v) is 35.5. The van der Waals surface area contributed by atoms with Crippen LogP contribution in [0.4, 0.5) is 0 Å². The molecule has 0 bridgehead atoms. The molecule has 0 aromatic heterocycles. The van der Waals surface area contributed by atoms with E-state index in [-0.39, 0.29) is 60.1 Å². The number of ether oxygens (including phenoxy) is 1. The average molecular weight is 860 g/mol. The summed E-state index contributed by atoms with van der Waals surface area (Å²) in [4.78, 5) is 108. The zero-order chi connectivity index (χ0) is 44.4. The predicted molar refractivity (Wildman–Crippen MR) is 227 cm³/mol. The summed E-state index contributed by atoms with van der Waals surface area (Å²) in [5, 5.41) is 15.0. The van der Waals surface area contributed by atoms with Gasteiger partial charge in [0.2, 0.25) is 17.7 Å². The van der Waals surface area contributed by atoms with Gasteiger partial charge in [0.05, 0.1) is 29.0 Å². The van der Waals surface area contributed by atoms with Crippen LogP contribution in [0, 0.1) is 18.8 Å². The van der Waals surface area contributed by atoms with Crippen molar-refractivity contribution in [3.63, 3.8) is 0 Å². The van der Waals surface area contributed by atoms with Crippen molar-refractivity contribution in [2.45, 2.75) is 103 Å². The van der Waals surface area contributed by atoms with Crippen LogP contribution < -0.4 is 15.4 Å². The molecule has 1 saturated heterocycles. The van der Waals surface area contributed by atoms with Gasteiger partial charge < -0.3 is 25.0 Å². The molecule has 1 unspecified atom stereocenters. The van der Waals surface area contributed by atoms with Crippen molar-refractivity contribution in [1.82, 2.24) is 25.3 Å². The molecule has 3 N–H and O–H groups in total. The van der Waals surface area contributed by atoms with Crippen molar-refractivity contribution in [2.75, 3.05) is 26.2 Å². The van der Waals surface area contributed by atoms with Gasteiger partial charge in [-0.3, -0.25) is 48.6 Å². The van der Waals surface area contributed by atoms with Crippen LogP contribution >= 0.6 is 0 Å². The number of hydrogen-bond acceptors (Lipinski definition) is 9. The number of unbranched alkanes of at least 4 members (excludes halogenated alkanes) is 3. The lowest BCUT2D eigenvalue weighted by molar-refractivity contribution is -0.153. The van der Waals surface area contributed by atoms with Crippen LogP contribution in [0.3, 0.4) is 0 Å². The smallest absolute Gasteiger partial charge is 0.307 e. The van der Waals surface area contributed by atoms with Gasteiger partial charge in [0.1, 0.15) is 11.8 Å². The molecule has 0 spiro atoms. The highest BCUT2D eigenvalue weighted by molar-refractivity contribution is 6.24. The van der Waals surface area contributed by atoms with E-state index in [0.29, 0.717) is 51.0 Å². The molecule has 1 aliphatic carbocycles. The summed E-state index contributed by atoms with van der Waals surface area (Å²) in [5.74, 6) is -5.19. The molecule has 15 nitrogen and oxygen atoms in total. The number of carbonyl (C=O) groups is 8. The van der Waals surface area contributed by atoms with E-state index in [1.807, 2.05) is 34.1 Å². The minimum absolute atomic E-state index is 0.00923. The van der Waals surface area contributed by atoms with Gasteiger partial charge in [-0.15, -0.1) is 0 Å². The maximum Gasteiger partial charge on any atom is 0.307 e. The first-order chi connectivity index (χ1) is 30.4. The number of amides is 7. The van der Waals surface area contributed by atoms with Crippen molar-refractivity contribution >= 4 is 47.3 Å². The molecule has 4 atom stereocenters. The Morgan fingerprint density at radius 3 is 2.41 bits per heavy atom. The molecule has 5 aliphatic rings. The topological polar surface area (TPSA) is 200 Å². The summed E-state index contributed by atoms with van der Waals surface area (Å²) < 4.78 is 5.68. The van der Waals surface area contributed by atoms with Crippen LogP contribution in [0.2, 0.25) is 0 Å². The van der Waals surface area contributed by atoms with E-state index in [0.717, 1.165) is 72.1 Å². The van der Waals surface area contributed by atoms with Gasteiger partial charge in [0, 0.05) is 38.2 Å². The fourth-order valence-corrected chi connectivity index (χ4v) is 10.1. The molecule has 2 fully saturated rings. The summed E-state index contributed by atoms with van der Waals surface area (Å²) in [6.45, 7) is 3.39. The molecule has 1 saturated carbocycles. The highest BCUT2D eigenvalue weighted by atomic mass is 16.5. The van der Waals surface area contributed by atoms with Crippen molar-refractivity contribution in [3.05, 3.63) is 99.1 Å². The average Bonchev–Trinajstić information content (AvgIpc) is 3.72. The minimum atomic E-state index is -1.10. The number of piperidine rings is 1. The highest BCUT2D eigenvalue weighted by Crippen LogP contribution is 2.39. The fraction of sp³-hybridized carbons (Fsp3) is 0.458. The molecule has 330 valence electrons. The van der Waals surface area contributed by atoms with Crippen molar-refractivity contribution in [3.8, 4) is 5.75 Å². The van der Waals surface area contributed by atoms with Gasteiger partial charge in [-0.05, 0) is 97.9 Å². The summed E-state index contributed by atoms with van der Waals surface area (Å²) in [7, 11) is 0. The summed E-state index contributed by atoms with van der Waals surface area (Å²) >= 11 is 0. The van der Waals surface area contributed by atoms with E-state index in [1.165, 1.54) is 23.8 Å². The molecule has 8 rings (SSSR count). The normalized spacial score (nSPS) is 21.8. The van der Waals surface area contributed by atoms with E-state index in [1.54, 1.807) is 0 Å². The van der Waals surface area contributed by atoms with Gasteiger partial charge >= 0.3 is 5.97 Å². The number of rotatable bonds is 15. The fourth-order valence-electron chi connectivity index (χ4n) is 10.1. The zero-order valence-electron chi connectivity index (χ0n) is 35.5. The third kappa shape index (κ3) is 8.82. The first-order valence-corrected chi connectivity index (χ1v) is 22.2. The predicted octanol–water partition coefficient (Wildman–Crippen LogP) is 4.67. The van der Waals surface area contributed by atoms with Crippen LogP contribution in [-0.4, -0.2) is 99.4 Å². The number of carbonyl (C=O) groups excluding carboxylic acids is 7.